The molecule has 1 rings (SSSR count). The van der Waals surface area contributed by atoms with Crippen molar-refractivity contribution in [2.24, 2.45) is 5.92 Å². The molecular weight excluding hydrogens is 192 g/mol. The molecule has 0 aromatic carbocycles. The molecule has 4 nitrogen and oxygen atoms in total. The lowest BCUT2D eigenvalue weighted by Crippen LogP contribution is -2.41. The van der Waals surface area contributed by atoms with Gasteiger partial charge in [-0.05, 0) is 25.8 Å². The number of carbonyl (C=O) groups is 1. The van der Waals surface area contributed by atoms with E-state index in [4.69, 9.17) is 11.5 Å². The van der Waals surface area contributed by atoms with E-state index in [-0.39, 0.29) is 18.6 Å². The van der Waals surface area contributed by atoms with Crippen LogP contribution in [0.5, 0.6) is 0 Å². The van der Waals surface area contributed by atoms with Crippen LogP contribution in [0, 0.1) is 18.3 Å². The second-order valence-electron chi connectivity index (χ2n) is 4.17. The standard InChI is InChI=1S/C11H18N2O2/c1-3-4-12-11(15)8-13(2)7-9-5-10(14)6-9/h1,9-10,14H,4-8H2,2H3,(H,12,15). The van der Waals surface area contributed by atoms with Gasteiger partial charge in [0.2, 0.25) is 5.91 Å². The SMILES string of the molecule is C#CCNC(=O)CN(C)CC1CC(O)C1. The molecule has 0 saturated heterocycles. The third-order valence-electron chi connectivity index (χ3n) is 2.58. The van der Waals surface area contributed by atoms with Crippen LogP contribution in [0.4, 0.5) is 0 Å². The van der Waals surface area contributed by atoms with E-state index in [0.29, 0.717) is 12.5 Å². The Balaban J connectivity index is 2.10. The molecular formula is C11H18N2O2. The van der Waals surface area contributed by atoms with E-state index in [1.807, 2.05) is 11.9 Å². The Kier molecular flexibility index (Phi) is 4.60. The minimum atomic E-state index is -0.126. The molecule has 0 bridgehead atoms. The van der Waals surface area contributed by atoms with Gasteiger partial charge in [-0.3, -0.25) is 9.69 Å². The van der Waals surface area contributed by atoms with Gasteiger partial charge in [-0.25, -0.2) is 0 Å². The largest absolute Gasteiger partial charge is 0.393 e. The molecule has 1 aliphatic rings. The summed E-state index contributed by atoms with van der Waals surface area (Å²) in [4.78, 5) is 13.2. The van der Waals surface area contributed by atoms with E-state index in [0.717, 1.165) is 19.4 Å². The summed E-state index contributed by atoms with van der Waals surface area (Å²) in [5, 5.41) is 11.7. The van der Waals surface area contributed by atoms with Crippen LogP contribution < -0.4 is 5.32 Å². The maximum atomic E-state index is 11.3. The summed E-state index contributed by atoms with van der Waals surface area (Å²) in [7, 11) is 1.90. The van der Waals surface area contributed by atoms with Crippen molar-refractivity contribution in [2.75, 3.05) is 26.7 Å². The van der Waals surface area contributed by atoms with Crippen LogP contribution in [0.2, 0.25) is 0 Å². The highest BCUT2D eigenvalue weighted by Crippen LogP contribution is 2.27. The molecule has 0 aromatic heterocycles. The van der Waals surface area contributed by atoms with Crippen LogP contribution in [0.1, 0.15) is 12.8 Å². The summed E-state index contributed by atoms with van der Waals surface area (Å²) in [5.74, 6) is 2.84. The average molecular weight is 210 g/mol. The van der Waals surface area contributed by atoms with E-state index >= 15 is 0 Å². The number of aliphatic hydroxyl groups is 1. The minimum absolute atomic E-state index is 0.0460. The number of aliphatic hydroxyl groups excluding tert-OH is 1. The van der Waals surface area contributed by atoms with Crippen LogP contribution in [-0.4, -0.2) is 48.7 Å². The molecule has 1 amide bonds. The van der Waals surface area contributed by atoms with Crippen molar-refractivity contribution in [3.63, 3.8) is 0 Å². The smallest absolute Gasteiger partial charge is 0.234 e. The van der Waals surface area contributed by atoms with E-state index in [2.05, 4.69) is 11.2 Å². The number of likely N-dealkylation sites (N-methyl/N-ethyl adjacent to an activating group) is 1. The van der Waals surface area contributed by atoms with Gasteiger partial charge in [0.1, 0.15) is 0 Å². The number of hydrogen-bond donors (Lipinski definition) is 2. The molecule has 1 fully saturated rings. The van der Waals surface area contributed by atoms with Crippen LogP contribution in [0.3, 0.4) is 0 Å². The number of carbonyl (C=O) groups excluding carboxylic acids is 1. The molecule has 0 aliphatic heterocycles. The Hall–Kier alpha value is -1.05. The van der Waals surface area contributed by atoms with Gasteiger partial charge in [-0.2, -0.15) is 0 Å². The summed E-state index contributed by atoms with van der Waals surface area (Å²) in [6.45, 7) is 1.52. The van der Waals surface area contributed by atoms with E-state index < -0.39 is 0 Å². The summed E-state index contributed by atoms with van der Waals surface area (Å²) in [6.07, 6.45) is 6.62. The van der Waals surface area contributed by atoms with Gasteiger partial charge < -0.3 is 10.4 Å². The zero-order valence-electron chi connectivity index (χ0n) is 9.07. The molecule has 15 heavy (non-hydrogen) atoms. The number of hydrogen-bond acceptors (Lipinski definition) is 3. The first-order valence-corrected chi connectivity index (χ1v) is 5.18. The van der Waals surface area contributed by atoms with Gasteiger partial charge in [-0.15, -0.1) is 6.42 Å². The Morgan fingerprint density at radius 3 is 2.87 bits per heavy atom. The molecule has 0 unspecified atom stereocenters. The van der Waals surface area contributed by atoms with Gasteiger partial charge in [0.05, 0.1) is 19.2 Å². The molecule has 0 aromatic rings. The summed E-state index contributed by atoms with van der Waals surface area (Å²) < 4.78 is 0. The molecule has 0 radical (unpaired) electrons. The Bertz CT molecular complexity index is 254. The van der Waals surface area contributed by atoms with Crippen molar-refractivity contribution in [1.29, 1.82) is 0 Å². The van der Waals surface area contributed by atoms with Crippen LogP contribution in [0.25, 0.3) is 0 Å². The number of amides is 1. The minimum Gasteiger partial charge on any atom is -0.393 e. The number of rotatable bonds is 5. The Morgan fingerprint density at radius 2 is 2.33 bits per heavy atom. The summed E-state index contributed by atoms with van der Waals surface area (Å²) in [5.41, 5.74) is 0. The lowest BCUT2D eigenvalue weighted by molar-refractivity contribution is -0.122. The predicted octanol–water partition coefficient (Wildman–Crippen LogP) is -0.561. The van der Waals surface area contributed by atoms with Crippen molar-refractivity contribution in [2.45, 2.75) is 18.9 Å². The van der Waals surface area contributed by atoms with Crippen LogP contribution in [0.15, 0.2) is 0 Å². The second-order valence-corrected chi connectivity index (χ2v) is 4.17. The highest BCUT2D eigenvalue weighted by Gasteiger charge is 2.28. The number of nitrogens with zero attached hydrogens (tertiary/aromatic N) is 1. The first-order valence-electron chi connectivity index (χ1n) is 5.18. The molecule has 2 N–H and O–H groups in total. The van der Waals surface area contributed by atoms with Gasteiger partial charge >= 0.3 is 0 Å². The van der Waals surface area contributed by atoms with E-state index in [1.165, 1.54) is 0 Å². The molecule has 84 valence electrons. The summed E-state index contributed by atoms with van der Waals surface area (Å²) >= 11 is 0. The fourth-order valence-corrected chi connectivity index (χ4v) is 1.81. The maximum absolute atomic E-state index is 11.3. The molecule has 0 spiro atoms. The lowest BCUT2D eigenvalue weighted by Gasteiger charge is -2.34. The fraction of sp³-hybridized carbons (Fsp3) is 0.727. The highest BCUT2D eigenvalue weighted by atomic mass is 16.3. The fourth-order valence-electron chi connectivity index (χ4n) is 1.81. The van der Waals surface area contributed by atoms with E-state index in [1.54, 1.807) is 0 Å². The second kappa shape index (κ2) is 5.74. The number of nitrogens with one attached hydrogen (secondary N) is 1. The number of terminal acetylenes is 1. The van der Waals surface area contributed by atoms with Gasteiger partial charge in [0.15, 0.2) is 0 Å². The van der Waals surface area contributed by atoms with Crippen molar-refractivity contribution < 1.29 is 9.90 Å². The lowest BCUT2D eigenvalue weighted by atomic mass is 9.82. The first-order chi connectivity index (χ1) is 7.11. The molecule has 1 saturated carbocycles. The third kappa shape index (κ3) is 4.32. The van der Waals surface area contributed by atoms with Crippen molar-refractivity contribution in [1.82, 2.24) is 10.2 Å². The zero-order chi connectivity index (χ0) is 11.3. The summed E-state index contributed by atoms with van der Waals surface area (Å²) in [6, 6.07) is 0. The zero-order valence-corrected chi connectivity index (χ0v) is 9.07. The van der Waals surface area contributed by atoms with Gasteiger partial charge in [0, 0.05) is 6.54 Å². The third-order valence-corrected chi connectivity index (χ3v) is 2.58. The predicted molar refractivity (Wildman–Crippen MR) is 58.1 cm³/mol. The molecule has 0 heterocycles. The topological polar surface area (TPSA) is 52.6 Å². The van der Waals surface area contributed by atoms with E-state index in [9.17, 15) is 4.79 Å². The van der Waals surface area contributed by atoms with Crippen LogP contribution in [-0.2, 0) is 4.79 Å². The molecule has 1 aliphatic carbocycles. The Morgan fingerprint density at radius 1 is 1.67 bits per heavy atom. The van der Waals surface area contributed by atoms with Crippen molar-refractivity contribution in [3.8, 4) is 12.3 Å². The van der Waals surface area contributed by atoms with Crippen LogP contribution >= 0.6 is 0 Å². The maximum Gasteiger partial charge on any atom is 0.234 e. The van der Waals surface area contributed by atoms with Crippen molar-refractivity contribution in [3.05, 3.63) is 0 Å². The monoisotopic (exact) mass is 210 g/mol. The average Bonchev–Trinajstić information content (AvgIpc) is 2.12. The van der Waals surface area contributed by atoms with Gasteiger partial charge in [0.25, 0.3) is 0 Å². The first kappa shape index (κ1) is 12.0. The Labute approximate surface area is 90.6 Å². The highest BCUT2D eigenvalue weighted by molar-refractivity contribution is 5.78. The van der Waals surface area contributed by atoms with Gasteiger partial charge in [-0.1, -0.05) is 5.92 Å². The molecule has 0 atom stereocenters. The molecule has 4 heteroatoms. The quantitative estimate of drug-likeness (QED) is 0.598. The normalized spacial score (nSPS) is 24.4. The van der Waals surface area contributed by atoms with Crippen molar-refractivity contribution >= 4 is 5.91 Å².